The van der Waals surface area contributed by atoms with Crippen LogP contribution in [0, 0.1) is 11.8 Å². The van der Waals surface area contributed by atoms with E-state index in [0.717, 1.165) is 11.8 Å². The van der Waals surface area contributed by atoms with Crippen molar-refractivity contribution in [2.45, 2.75) is 32.1 Å². The van der Waals surface area contributed by atoms with E-state index in [4.69, 9.17) is 0 Å². The summed E-state index contributed by atoms with van der Waals surface area (Å²) in [5.74, 6) is 2.03. The van der Waals surface area contributed by atoms with E-state index in [1.54, 1.807) is 0 Å². The molecule has 2 fully saturated rings. The summed E-state index contributed by atoms with van der Waals surface area (Å²) in [6.07, 6.45) is 7.21. The summed E-state index contributed by atoms with van der Waals surface area (Å²) < 4.78 is 0. The van der Waals surface area contributed by atoms with Crippen LogP contribution in [0.5, 0.6) is 0 Å². The van der Waals surface area contributed by atoms with Gasteiger partial charge in [-0.05, 0) is 64.3 Å². The maximum Gasteiger partial charge on any atom is -0.00187 e. The number of rotatable bonds is 5. The molecule has 2 aliphatic rings. The highest BCUT2D eigenvalue weighted by Crippen LogP contribution is 2.31. The van der Waals surface area contributed by atoms with Crippen molar-refractivity contribution in [2.75, 3.05) is 33.2 Å². The fraction of sp³-hybridized carbons (Fsp3) is 1.00. The van der Waals surface area contributed by atoms with Crippen LogP contribution >= 0.6 is 0 Å². The first-order valence-corrected chi connectivity index (χ1v) is 6.24. The summed E-state index contributed by atoms with van der Waals surface area (Å²) in [7, 11) is 2.23. The van der Waals surface area contributed by atoms with Crippen molar-refractivity contribution in [3.63, 3.8) is 0 Å². The molecule has 1 aliphatic heterocycles. The Morgan fingerprint density at radius 2 is 1.79 bits per heavy atom. The Hall–Kier alpha value is -0.0800. The molecular formula is C12H24N2. The molecule has 1 heterocycles. The standard InChI is InChI=1S/C12H24N2/c1-14-8-5-12(6-9-14)10-13-7-4-11-2-3-11/h11-13H,2-10H2,1H3. The molecule has 0 atom stereocenters. The number of hydrogen-bond acceptors (Lipinski definition) is 2. The molecule has 0 bridgehead atoms. The zero-order valence-corrected chi connectivity index (χ0v) is 9.47. The summed E-state index contributed by atoms with van der Waals surface area (Å²) in [4.78, 5) is 2.45. The van der Waals surface area contributed by atoms with Gasteiger partial charge >= 0.3 is 0 Å². The van der Waals surface area contributed by atoms with Crippen LogP contribution in [-0.4, -0.2) is 38.1 Å². The molecule has 0 aromatic rings. The highest BCUT2D eigenvalue weighted by atomic mass is 15.1. The molecule has 1 saturated carbocycles. The van der Waals surface area contributed by atoms with E-state index in [9.17, 15) is 0 Å². The van der Waals surface area contributed by atoms with Gasteiger partial charge in [-0.3, -0.25) is 0 Å². The lowest BCUT2D eigenvalue weighted by Gasteiger charge is -2.29. The topological polar surface area (TPSA) is 15.3 Å². The van der Waals surface area contributed by atoms with Crippen LogP contribution in [0.1, 0.15) is 32.1 Å². The van der Waals surface area contributed by atoms with Gasteiger partial charge in [-0.15, -0.1) is 0 Å². The first-order valence-electron chi connectivity index (χ1n) is 6.24. The molecule has 2 rings (SSSR count). The van der Waals surface area contributed by atoms with Gasteiger partial charge < -0.3 is 10.2 Å². The molecule has 0 aromatic heterocycles. The molecule has 82 valence electrons. The lowest BCUT2D eigenvalue weighted by atomic mass is 9.97. The largest absolute Gasteiger partial charge is 0.316 e. The molecule has 1 N–H and O–H groups in total. The van der Waals surface area contributed by atoms with Gasteiger partial charge in [0.25, 0.3) is 0 Å². The van der Waals surface area contributed by atoms with Crippen molar-refractivity contribution in [1.29, 1.82) is 0 Å². The SMILES string of the molecule is CN1CCC(CNCCC2CC2)CC1. The van der Waals surface area contributed by atoms with E-state index in [0.29, 0.717) is 0 Å². The van der Waals surface area contributed by atoms with Crippen LogP contribution in [0.4, 0.5) is 0 Å². The Bertz CT molecular complexity index is 158. The van der Waals surface area contributed by atoms with Crippen LogP contribution < -0.4 is 5.32 Å². The lowest BCUT2D eigenvalue weighted by molar-refractivity contribution is 0.216. The number of likely N-dealkylation sites (tertiary alicyclic amines) is 1. The third-order valence-corrected chi connectivity index (χ3v) is 3.70. The zero-order valence-electron chi connectivity index (χ0n) is 9.47. The Kier molecular flexibility index (Phi) is 3.82. The molecule has 1 saturated heterocycles. The summed E-state index contributed by atoms with van der Waals surface area (Å²) >= 11 is 0. The van der Waals surface area contributed by atoms with Crippen LogP contribution in [0.3, 0.4) is 0 Å². The van der Waals surface area contributed by atoms with Gasteiger partial charge in [0.15, 0.2) is 0 Å². The normalized spacial score (nSPS) is 25.5. The molecule has 0 aromatic carbocycles. The quantitative estimate of drug-likeness (QED) is 0.674. The smallest absolute Gasteiger partial charge is 0.00187 e. The minimum absolute atomic E-state index is 0.949. The molecule has 0 radical (unpaired) electrons. The van der Waals surface area contributed by atoms with Gasteiger partial charge in [0.1, 0.15) is 0 Å². The number of hydrogen-bond donors (Lipinski definition) is 1. The molecule has 0 amide bonds. The van der Waals surface area contributed by atoms with Crippen molar-refractivity contribution < 1.29 is 0 Å². The molecule has 2 nitrogen and oxygen atoms in total. The van der Waals surface area contributed by atoms with Crippen molar-refractivity contribution in [3.05, 3.63) is 0 Å². The van der Waals surface area contributed by atoms with Gasteiger partial charge in [-0.1, -0.05) is 12.8 Å². The summed E-state index contributed by atoms with van der Waals surface area (Å²) in [6, 6.07) is 0. The Morgan fingerprint density at radius 1 is 1.07 bits per heavy atom. The summed E-state index contributed by atoms with van der Waals surface area (Å²) in [5.41, 5.74) is 0. The van der Waals surface area contributed by atoms with Gasteiger partial charge in [-0.2, -0.15) is 0 Å². The van der Waals surface area contributed by atoms with Crippen LogP contribution in [0.15, 0.2) is 0 Å². The number of nitrogens with zero attached hydrogens (tertiary/aromatic N) is 1. The van der Waals surface area contributed by atoms with Gasteiger partial charge in [0, 0.05) is 0 Å². The van der Waals surface area contributed by atoms with E-state index in [1.807, 2.05) is 0 Å². The van der Waals surface area contributed by atoms with Crippen molar-refractivity contribution in [3.8, 4) is 0 Å². The highest BCUT2D eigenvalue weighted by Gasteiger charge is 2.20. The average molecular weight is 196 g/mol. The second kappa shape index (κ2) is 5.13. The Morgan fingerprint density at radius 3 is 2.43 bits per heavy atom. The van der Waals surface area contributed by atoms with E-state index < -0.39 is 0 Å². The lowest BCUT2D eigenvalue weighted by Crippen LogP contribution is -2.35. The molecule has 0 spiro atoms. The summed E-state index contributed by atoms with van der Waals surface area (Å²) in [5, 5.41) is 3.62. The first kappa shape index (κ1) is 10.4. The molecule has 2 heteroatoms. The Balaban J connectivity index is 1.47. The zero-order chi connectivity index (χ0) is 9.80. The van der Waals surface area contributed by atoms with Gasteiger partial charge in [-0.25, -0.2) is 0 Å². The highest BCUT2D eigenvalue weighted by molar-refractivity contribution is 4.75. The van der Waals surface area contributed by atoms with E-state index in [-0.39, 0.29) is 0 Å². The van der Waals surface area contributed by atoms with Crippen LogP contribution in [0.2, 0.25) is 0 Å². The minimum Gasteiger partial charge on any atom is -0.316 e. The van der Waals surface area contributed by atoms with Crippen LogP contribution in [0.25, 0.3) is 0 Å². The van der Waals surface area contributed by atoms with E-state index in [2.05, 4.69) is 17.3 Å². The van der Waals surface area contributed by atoms with E-state index in [1.165, 1.54) is 58.3 Å². The second-order valence-corrected chi connectivity index (χ2v) is 5.18. The third kappa shape index (κ3) is 3.58. The van der Waals surface area contributed by atoms with E-state index >= 15 is 0 Å². The molecule has 14 heavy (non-hydrogen) atoms. The maximum absolute atomic E-state index is 3.62. The number of piperidine rings is 1. The van der Waals surface area contributed by atoms with Gasteiger partial charge in [0.2, 0.25) is 0 Å². The monoisotopic (exact) mass is 196 g/mol. The predicted octanol–water partition coefficient (Wildman–Crippen LogP) is 1.72. The number of nitrogens with one attached hydrogen (secondary N) is 1. The van der Waals surface area contributed by atoms with Crippen molar-refractivity contribution >= 4 is 0 Å². The molecule has 0 unspecified atom stereocenters. The van der Waals surface area contributed by atoms with Crippen molar-refractivity contribution in [1.82, 2.24) is 10.2 Å². The fourth-order valence-corrected chi connectivity index (χ4v) is 2.29. The van der Waals surface area contributed by atoms with Crippen molar-refractivity contribution in [2.24, 2.45) is 11.8 Å². The predicted molar refractivity (Wildman–Crippen MR) is 60.4 cm³/mol. The van der Waals surface area contributed by atoms with Gasteiger partial charge in [0.05, 0.1) is 0 Å². The maximum atomic E-state index is 3.62. The molecular weight excluding hydrogens is 172 g/mol. The first-order chi connectivity index (χ1) is 6.84. The average Bonchev–Trinajstić information content (AvgIpc) is 2.99. The molecule has 1 aliphatic carbocycles. The Labute approximate surface area is 88.1 Å². The fourth-order valence-electron chi connectivity index (χ4n) is 2.29. The second-order valence-electron chi connectivity index (χ2n) is 5.18. The van der Waals surface area contributed by atoms with Crippen LogP contribution in [-0.2, 0) is 0 Å². The summed E-state index contributed by atoms with van der Waals surface area (Å²) in [6.45, 7) is 5.13. The minimum atomic E-state index is 0.949. The third-order valence-electron chi connectivity index (χ3n) is 3.70.